The van der Waals surface area contributed by atoms with Crippen LogP contribution in [0.2, 0.25) is 0 Å². The number of alkyl carbamates (subject to hydrolysis) is 1. The van der Waals surface area contributed by atoms with Crippen LogP contribution in [0.3, 0.4) is 0 Å². The summed E-state index contributed by atoms with van der Waals surface area (Å²) >= 11 is 0. The Morgan fingerprint density at radius 3 is 2.28 bits per heavy atom. The van der Waals surface area contributed by atoms with Crippen LogP contribution in [-0.2, 0) is 40.0 Å². The molecule has 6 N–H and O–H groups in total. The molecule has 4 aliphatic rings. The Morgan fingerprint density at radius 2 is 1.58 bits per heavy atom. The number of likely N-dealkylation sites (tertiary alicyclic amines) is 1. The fraction of sp³-hybridized carbons (Fsp3) is 0.435. The quantitative estimate of drug-likeness (QED) is 0.0218. The Labute approximate surface area is 546 Å². The molecule has 2 saturated heterocycles. The van der Waals surface area contributed by atoms with E-state index in [2.05, 4.69) is 54.2 Å². The molecule has 3 amide bonds. The van der Waals surface area contributed by atoms with Gasteiger partial charge in [0.2, 0.25) is 17.8 Å². The molecule has 0 spiro atoms. The highest BCUT2D eigenvalue weighted by molar-refractivity contribution is 7.89. The molecule has 93 heavy (non-hydrogen) atoms. The standard InChI is InChI=1S/C69H87N9O13S2/c1-11-76-55-31-29-48(92(82,83)84)39-51(55)68(5,6)60(76)26-17-13-18-27-61-69(7,8)52-40-49(93(85,86)87)30-32-56(52)77(61)34-20-14-19-28-62(79)71-33-37-90-47-25-21-24-46(38-47)57-44-75(63(80)43-53(45-22-15-12-16-23-45)73-66(81)91-67(2,3)4)35-36-78(57)65-72-54-42-59(89-10)58(88-9)41-50(54)64(70)74-65/h12-13,15-18,21-27,29-32,38-39,41-42,52-53,57,60H,11,14,19-20,28,33-37,40,43-44H2,1-10H3,(H,71,79)(H,73,81)(H2,70,72,74)(H,82,83,84)(H,85,86,87)/b18-13+,26-17+,61-27+/t52?,53-,57?,60?/m1/s1. The summed E-state index contributed by atoms with van der Waals surface area (Å²) in [5, 5.41) is 6.50. The van der Waals surface area contributed by atoms with E-state index in [1.807, 2.05) is 90.7 Å². The maximum absolute atomic E-state index is 14.5. The lowest BCUT2D eigenvalue weighted by molar-refractivity contribution is -0.132. The van der Waals surface area contributed by atoms with Gasteiger partial charge in [-0.25, -0.2) is 9.78 Å². The first-order valence-electron chi connectivity index (χ1n) is 31.4. The van der Waals surface area contributed by atoms with Gasteiger partial charge < -0.3 is 54.9 Å². The molecule has 22 nitrogen and oxygen atoms in total. The van der Waals surface area contributed by atoms with Gasteiger partial charge in [-0.15, -0.1) is 0 Å². The molecule has 4 heterocycles. The molecule has 498 valence electrons. The van der Waals surface area contributed by atoms with Crippen molar-refractivity contribution >= 4 is 66.5 Å². The van der Waals surface area contributed by atoms with Gasteiger partial charge in [0.15, 0.2) is 11.5 Å². The number of aromatic nitrogens is 2. The normalized spacial score (nSPS) is 19.5. The molecule has 4 aromatic carbocycles. The molecule has 0 bridgehead atoms. The van der Waals surface area contributed by atoms with E-state index in [0.29, 0.717) is 73.1 Å². The van der Waals surface area contributed by atoms with Crippen LogP contribution in [-0.4, -0.2) is 135 Å². The number of nitrogens with two attached hydrogens (primary N) is 1. The van der Waals surface area contributed by atoms with Gasteiger partial charge in [-0.2, -0.15) is 21.8 Å². The number of ether oxygens (including phenoxy) is 4. The number of allylic oxidation sites excluding steroid dienone is 9. The van der Waals surface area contributed by atoms with Gasteiger partial charge in [0.05, 0.1) is 60.6 Å². The van der Waals surface area contributed by atoms with E-state index >= 15 is 0 Å². The Hall–Kier alpha value is -8.45. The maximum atomic E-state index is 14.5. The van der Waals surface area contributed by atoms with E-state index in [0.717, 1.165) is 46.6 Å². The number of carbonyl (C=O) groups excluding carboxylic acids is 3. The zero-order valence-electron chi connectivity index (χ0n) is 54.6. The fourth-order valence-corrected chi connectivity index (χ4v) is 14.2. The van der Waals surface area contributed by atoms with Crippen molar-refractivity contribution in [3.05, 3.63) is 160 Å². The van der Waals surface area contributed by atoms with Crippen LogP contribution >= 0.6 is 0 Å². The van der Waals surface area contributed by atoms with Crippen molar-refractivity contribution in [2.45, 2.75) is 128 Å². The lowest BCUT2D eigenvalue weighted by atomic mass is 9.75. The van der Waals surface area contributed by atoms with Crippen LogP contribution in [0, 0.1) is 11.3 Å². The summed E-state index contributed by atoms with van der Waals surface area (Å²) in [5.41, 5.74) is 10.6. The fourth-order valence-electron chi connectivity index (χ4n) is 13.0. The monoisotopic (exact) mass is 1310 g/mol. The Bertz CT molecular complexity index is 3990. The molecule has 9 rings (SSSR count). The summed E-state index contributed by atoms with van der Waals surface area (Å²) in [5.74, 6) is 1.54. The second-order valence-corrected chi connectivity index (χ2v) is 28.7. The number of carbonyl (C=O) groups is 3. The van der Waals surface area contributed by atoms with Gasteiger partial charge >= 0.3 is 6.09 Å². The third kappa shape index (κ3) is 16.0. The number of nitrogen functional groups attached to an aromatic ring is 1. The van der Waals surface area contributed by atoms with Gasteiger partial charge in [-0.1, -0.05) is 101 Å². The number of methoxy groups -OCH3 is 2. The number of unbranched alkanes of at least 4 members (excludes halogenated alkanes) is 2. The second-order valence-electron chi connectivity index (χ2n) is 25.8. The van der Waals surface area contributed by atoms with Crippen molar-refractivity contribution in [1.29, 1.82) is 0 Å². The minimum atomic E-state index is -4.40. The smallest absolute Gasteiger partial charge is 0.408 e. The lowest BCUT2D eigenvalue weighted by Crippen LogP contribution is -2.51. The molecule has 3 aliphatic heterocycles. The summed E-state index contributed by atoms with van der Waals surface area (Å²) < 4.78 is 91.7. The third-order valence-electron chi connectivity index (χ3n) is 17.8. The van der Waals surface area contributed by atoms with Crippen LogP contribution < -0.4 is 40.4 Å². The zero-order chi connectivity index (χ0) is 67.2. The van der Waals surface area contributed by atoms with Crippen molar-refractivity contribution in [2.75, 3.05) is 75.6 Å². The van der Waals surface area contributed by atoms with Crippen molar-refractivity contribution in [2.24, 2.45) is 11.3 Å². The SMILES string of the molecule is CCN1c2ccc(S(=O)(=O)O)cc2C(C)(C)C1/C=C/C=C/C=C1/N(CCCCCC(=O)NCCOc2cccc(C3CN(C(=O)C[C@@H](NC(=O)OC(C)(C)C)c4ccccc4)CCN3c3nc(N)c4cc(OC)c(OC)cc4n3)c2)C2=CC=C(S(=O)(=O)O)CC2C1(C)C. The number of benzene rings is 4. The molecule has 24 heteroatoms. The topological polar surface area (TPSA) is 286 Å². The van der Waals surface area contributed by atoms with Crippen LogP contribution in [0.15, 0.2) is 149 Å². The molecular weight excluding hydrogens is 1230 g/mol. The van der Waals surface area contributed by atoms with Crippen molar-refractivity contribution in [3.63, 3.8) is 0 Å². The van der Waals surface area contributed by atoms with Gasteiger partial charge in [0.25, 0.3) is 20.2 Å². The number of nitrogens with one attached hydrogen (secondary N) is 2. The van der Waals surface area contributed by atoms with E-state index in [1.54, 1.807) is 63.1 Å². The minimum Gasteiger partial charge on any atom is -0.493 e. The molecule has 0 saturated carbocycles. The largest absolute Gasteiger partial charge is 0.493 e. The number of hydrogen-bond acceptors (Lipinski definition) is 17. The minimum absolute atomic E-state index is 0.0307. The molecule has 5 aromatic rings. The molecule has 3 unspecified atom stereocenters. The summed E-state index contributed by atoms with van der Waals surface area (Å²) in [7, 11) is -5.70. The average Bonchev–Trinajstić information content (AvgIpc) is 1.64. The predicted molar refractivity (Wildman–Crippen MR) is 359 cm³/mol. The summed E-state index contributed by atoms with van der Waals surface area (Å²) in [4.78, 5) is 58.7. The Morgan fingerprint density at radius 1 is 0.839 bits per heavy atom. The summed E-state index contributed by atoms with van der Waals surface area (Å²) in [6.07, 6.45) is 15.1. The van der Waals surface area contributed by atoms with Gasteiger partial charge in [0, 0.05) is 84.4 Å². The van der Waals surface area contributed by atoms with Crippen LogP contribution in [0.1, 0.15) is 123 Å². The van der Waals surface area contributed by atoms with Crippen LogP contribution in [0.25, 0.3) is 10.9 Å². The van der Waals surface area contributed by atoms with Gasteiger partial charge in [0.1, 0.15) is 23.8 Å². The predicted octanol–water partition coefficient (Wildman–Crippen LogP) is 10.8. The van der Waals surface area contributed by atoms with E-state index in [9.17, 15) is 40.3 Å². The van der Waals surface area contributed by atoms with E-state index in [4.69, 9.17) is 34.6 Å². The molecule has 2 fully saturated rings. The lowest BCUT2D eigenvalue weighted by Gasteiger charge is -2.42. The third-order valence-corrected chi connectivity index (χ3v) is 19.6. The molecular formula is C69H87N9O13S2. The summed E-state index contributed by atoms with van der Waals surface area (Å²) in [6, 6.07) is 23.8. The number of hydrogen-bond donors (Lipinski definition) is 5. The first kappa shape index (κ1) is 68.9. The molecule has 0 radical (unpaired) electrons. The van der Waals surface area contributed by atoms with Crippen molar-refractivity contribution in [1.82, 2.24) is 30.4 Å². The average molecular weight is 1310 g/mol. The van der Waals surface area contributed by atoms with Crippen molar-refractivity contribution < 1.29 is 59.3 Å². The highest BCUT2D eigenvalue weighted by atomic mass is 32.2. The maximum Gasteiger partial charge on any atom is 0.408 e. The molecule has 1 aromatic heterocycles. The van der Waals surface area contributed by atoms with Gasteiger partial charge in [-0.3, -0.25) is 18.7 Å². The zero-order valence-corrected chi connectivity index (χ0v) is 56.2. The van der Waals surface area contributed by atoms with E-state index < -0.39 is 54.8 Å². The number of rotatable bonds is 24. The Kier molecular flexibility index (Phi) is 21.1. The molecule has 1 aliphatic carbocycles. The number of anilines is 3. The number of piperazine rings is 1. The van der Waals surface area contributed by atoms with E-state index in [1.165, 1.54) is 19.3 Å². The number of likely N-dealkylation sites (N-methyl/N-ethyl adjacent to an activating group) is 1. The van der Waals surface area contributed by atoms with Crippen LogP contribution in [0.4, 0.5) is 22.2 Å². The highest BCUT2D eigenvalue weighted by Crippen LogP contribution is 2.55. The summed E-state index contributed by atoms with van der Waals surface area (Å²) in [6.45, 7) is 18.2. The first-order chi connectivity index (χ1) is 44.0. The van der Waals surface area contributed by atoms with E-state index in [-0.39, 0.29) is 71.9 Å². The Balaban J connectivity index is 0.830. The number of nitrogens with zero attached hydrogens (tertiary/aromatic N) is 6. The highest BCUT2D eigenvalue weighted by Gasteiger charge is 2.49. The number of amides is 3. The first-order valence-corrected chi connectivity index (χ1v) is 34.3. The molecule has 4 atom stereocenters. The van der Waals surface area contributed by atoms with Crippen molar-refractivity contribution in [3.8, 4) is 17.2 Å². The van der Waals surface area contributed by atoms with Gasteiger partial charge in [-0.05, 0) is 118 Å². The second kappa shape index (κ2) is 28.4. The van der Waals surface area contributed by atoms with Crippen LogP contribution in [0.5, 0.6) is 17.2 Å². The number of fused-ring (bicyclic) bond motifs is 3.